The van der Waals surface area contributed by atoms with Crippen LogP contribution in [0.2, 0.25) is 0 Å². The largest absolute Gasteiger partial charge is 0.390 e. The molecule has 2 aliphatic heterocycles. The molecular formula is C14H19N3O3. The van der Waals surface area contributed by atoms with Gasteiger partial charge in [-0.25, -0.2) is 0 Å². The number of morpholine rings is 1. The summed E-state index contributed by atoms with van der Waals surface area (Å²) in [6.45, 7) is 3.97. The van der Waals surface area contributed by atoms with Gasteiger partial charge in [-0.15, -0.1) is 0 Å². The first-order chi connectivity index (χ1) is 9.75. The zero-order valence-corrected chi connectivity index (χ0v) is 11.3. The Labute approximate surface area is 118 Å². The molecular weight excluding hydrogens is 258 g/mol. The van der Waals surface area contributed by atoms with Crippen LogP contribution in [0.25, 0.3) is 0 Å². The van der Waals surface area contributed by atoms with Gasteiger partial charge in [0.15, 0.2) is 0 Å². The van der Waals surface area contributed by atoms with Crippen LogP contribution in [0.3, 0.4) is 0 Å². The molecule has 20 heavy (non-hydrogen) atoms. The first-order valence-corrected chi connectivity index (χ1v) is 6.95. The Bertz CT molecular complexity index is 462. The van der Waals surface area contributed by atoms with Crippen molar-refractivity contribution in [2.75, 3.05) is 39.4 Å². The number of aliphatic hydroxyl groups excluding tert-OH is 1. The Morgan fingerprint density at radius 3 is 2.85 bits per heavy atom. The first-order valence-electron chi connectivity index (χ1n) is 6.95. The summed E-state index contributed by atoms with van der Waals surface area (Å²) in [5.41, 5.74) is 0.572. The third-order valence-electron chi connectivity index (χ3n) is 3.97. The number of likely N-dealkylation sites (tertiary alicyclic amines) is 1. The summed E-state index contributed by atoms with van der Waals surface area (Å²) in [7, 11) is 0. The van der Waals surface area contributed by atoms with Gasteiger partial charge in [0, 0.05) is 38.6 Å². The van der Waals surface area contributed by atoms with Crippen molar-refractivity contribution in [3.8, 4) is 0 Å². The van der Waals surface area contributed by atoms with Gasteiger partial charge in [-0.1, -0.05) is 0 Å². The summed E-state index contributed by atoms with van der Waals surface area (Å²) in [5.74, 6) is -0.0621. The summed E-state index contributed by atoms with van der Waals surface area (Å²) in [5, 5.41) is 10.2. The van der Waals surface area contributed by atoms with Gasteiger partial charge in [-0.05, 0) is 12.1 Å². The van der Waals surface area contributed by atoms with Crippen LogP contribution in [0, 0.1) is 0 Å². The highest BCUT2D eigenvalue weighted by Crippen LogP contribution is 2.19. The summed E-state index contributed by atoms with van der Waals surface area (Å²) in [6.07, 6.45) is 2.72. The second kappa shape index (κ2) is 5.87. The molecule has 3 rings (SSSR count). The van der Waals surface area contributed by atoms with E-state index in [1.165, 1.54) is 0 Å². The van der Waals surface area contributed by atoms with Gasteiger partial charge >= 0.3 is 0 Å². The van der Waals surface area contributed by atoms with Crippen LogP contribution in [0.5, 0.6) is 0 Å². The van der Waals surface area contributed by atoms with E-state index in [0.717, 1.165) is 13.1 Å². The summed E-state index contributed by atoms with van der Waals surface area (Å²) in [6, 6.07) is 3.52. The van der Waals surface area contributed by atoms with Gasteiger partial charge in [-0.2, -0.15) is 0 Å². The third-order valence-corrected chi connectivity index (χ3v) is 3.97. The molecule has 2 aliphatic rings. The Morgan fingerprint density at radius 2 is 2.15 bits per heavy atom. The SMILES string of the molecule is O=C(c1cccnc1)N1C[C@@H](O)[C@H](N2CCOCC2)C1. The monoisotopic (exact) mass is 277 g/mol. The maximum Gasteiger partial charge on any atom is 0.255 e. The number of amides is 1. The van der Waals surface area contributed by atoms with Gasteiger partial charge in [-0.3, -0.25) is 14.7 Å². The molecule has 2 saturated heterocycles. The molecule has 2 atom stereocenters. The number of pyridine rings is 1. The van der Waals surface area contributed by atoms with Crippen molar-refractivity contribution >= 4 is 5.91 Å². The van der Waals surface area contributed by atoms with Crippen LogP contribution in [0.1, 0.15) is 10.4 Å². The standard InChI is InChI=1S/C14H19N3O3/c18-13-10-17(14(19)11-2-1-3-15-8-11)9-12(13)16-4-6-20-7-5-16/h1-3,8,12-13,18H,4-7,9-10H2/t12-,13-/m1/s1. The maximum atomic E-state index is 12.4. The summed E-state index contributed by atoms with van der Waals surface area (Å²) in [4.78, 5) is 20.2. The molecule has 2 fully saturated rings. The molecule has 6 nitrogen and oxygen atoms in total. The smallest absolute Gasteiger partial charge is 0.255 e. The molecule has 1 N–H and O–H groups in total. The predicted octanol–water partition coefficient (Wildman–Crippen LogP) is -0.401. The van der Waals surface area contributed by atoms with E-state index in [2.05, 4.69) is 9.88 Å². The van der Waals surface area contributed by atoms with E-state index in [1.807, 2.05) is 0 Å². The lowest BCUT2D eigenvalue weighted by Crippen LogP contribution is -2.49. The molecule has 0 aliphatic carbocycles. The molecule has 0 saturated carbocycles. The molecule has 0 unspecified atom stereocenters. The molecule has 6 heteroatoms. The Morgan fingerprint density at radius 1 is 1.35 bits per heavy atom. The molecule has 3 heterocycles. The molecule has 108 valence electrons. The zero-order valence-electron chi connectivity index (χ0n) is 11.3. The molecule has 1 aromatic rings. The highest BCUT2D eigenvalue weighted by atomic mass is 16.5. The lowest BCUT2D eigenvalue weighted by atomic mass is 10.1. The normalized spacial score (nSPS) is 27.8. The van der Waals surface area contributed by atoms with E-state index in [4.69, 9.17) is 4.74 Å². The summed E-state index contributed by atoms with van der Waals surface area (Å²) >= 11 is 0. The minimum Gasteiger partial charge on any atom is -0.390 e. The van der Waals surface area contributed by atoms with Crippen molar-refractivity contribution in [1.82, 2.24) is 14.8 Å². The molecule has 1 aromatic heterocycles. The number of hydrogen-bond donors (Lipinski definition) is 1. The highest BCUT2D eigenvalue weighted by molar-refractivity contribution is 5.94. The van der Waals surface area contributed by atoms with E-state index in [-0.39, 0.29) is 11.9 Å². The second-order valence-electron chi connectivity index (χ2n) is 5.23. The first kappa shape index (κ1) is 13.5. The minimum absolute atomic E-state index is 0.0134. The average Bonchev–Trinajstić information content (AvgIpc) is 2.90. The van der Waals surface area contributed by atoms with Crippen LogP contribution >= 0.6 is 0 Å². The predicted molar refractivity (Wildman–Crippen MR) is 72.3 cm³/mol. The summed E-state index contributed by atoms with van der Waals surface area (Å²) < 4.78 is 5.33. The Hall–Kier alpha value is -1.50. The van der Waals surface area contributed by atoms with Crippen LogP contribution in [-0.2, 0) is 4.74 Å². The van der Waals surface area contributed by atoms with Gasteiger partial charge < -0.3 is 14.7 Å². The van der Waals surface area contributed by atoms with Crippen LogP contribution in [0.15, 0.2) is 24.5 Å². The van der Waals surface area contributed by atoms with E-state index in [1.54, 1.807) is 29.4 Å². The highest BCUT2D eigenvalue weighted by Gasteiger charge is 2.38. The number of carbonyl (C=O) groups excluding carboxylic acids is 1. The van der Waals surface area contributed by atoms with E-state index in [9.17, 15) is 9.90 Å². The van der Waals surface area contributed by atoms with Crippen molar-refractivity contribution in [3.05, 3.63) is 30.1 Å². The second-order valence-corrected chi connectivity index (χ2v) is 5.23. The number of aromatic nitrogens is 1. The number of ether oxygens (including phenoxy) is 1. The quantitative estimate of drug-likeness (QED) is 0.797. The lowest BCUT2D eigenvalue weighted by Gasteiger charge is -2.33. The van der Waals surface area contributed by atoms with Crippen LogP contribution < -0.4 is 0 Å². The van der Waals surface area contributed by atoms with Crippen molar-refractivity contribution in [2.45, 2.75) is 12.1 Å². The molecule has 0 aromatic carbocycles. The minimum atomic E-state index is -0.492. The number of aliphatic hydroxyl groups is 1. The third kappa shape index (κ3) is 2.67. The number of β-amino-alcohol motifs (C(OH)–C–C–N with tert-alkyl or cyclic N) is 1. The Balaban J connectivity index is 1.67. The van der Waals surface area contributed by atoms with E-state index >= 15 is 0 Å². The van der Waals surface area contributed by atoms with Gasteiger partial charge in [0.05, 0.1) is 30.9 Å². The number of hydrogen-bond acceptors (Lipinski definition) is 5. The van der Waals surface area contributed by atoms with Crippen molar-refractivity contribution in [1.29, 1.82) is 0 Å². The average molecular weight is 277 g/mol. The van der Waals surface area contributed by atoms with Crippen molar-refractivity contribution < 1.29 is 14.6 Å². The lowest BCUT2D eigenvalue weighted by molar-refractivity contribution is -0.00611. The maximum absolute atomic E-state index is 12.4. The fourth-order valence-corrected chi connectivity index (χ4v) is 2.88. The van der Waals surface area contributed by atoms with E-state index < -0.39 is 6.10 Å². The molecule has 0 spiro atoms. The van der Waals surface area contributed by atoms with Crippen molar-refractivity contribution in [3.63, 3.8) is 0 Å². The van der Waals surface area contributed by atoms with Gasteiger partial charge in [0.1, 0.15) is 0 Å². The van der Waals surface area contributed by atoms with Crippen LogP contribution in [-0.4, -0.2) is 77.3 Å². The van der Waals surface area contributed by atoms with E-state index in [0.29, 0.717) is 31.9 Å². The fourth-order valence-electron chi connectivity index (χ4n) is 2.88. The van der Waals surface area contributed by atoms with Crippen LogP contribution in [0.4, 0.5) is 0 Å². The number of nitrogens with zero attached hydrogens (tertiary/aromatic N) is 3. The topological polar surface area (TPSA) is 65.9 Å². The molecule has 0 radical (unpaired) electrons. The van der Waals surface area contributed by atoms with Gasteiger partial charge in [0.25, 0.3) is 5.91 Å². The molecule has 0 bridgehead atoms. The number of carbonyl (C=O) groups is 1. The van der Waals surface area contributed by atoms with Crippen molar-refractivity contribution in [2.24, 2.45) is 0 Å². The molecule has 1 amide bonds. The Kier molecular flexibility index (Phi) is 3.95. The fraction of sp³-hybridized carbons (Fsp3) is 0.571. The zero-order chi connectivity index (χ0) is 13.9. The number of rotatable bonds is 2. The van der Waals surface area contributed by atoms with Gasteiger partial charge in [0.2, 0.25) is 0 Å².